The van der Waals surface area contributed by atoms with E-state index in [1.807, 2.05) is 48.5 Å². The lowest BCUT2D eigenvalue weighted by Crippen LogP contribution is -2.05. The molecule has 1 N–H and O–H groups in total. The summed E-state index contributed by atoms with van der Waals surface area (Å²) in [4.78, 5) is 11.0. The van der Waals surface area contributed by atoms with Crippen LogP contribution in [0.4, 0.5) is 0 Å². The first-order chi connectivity index (χ1) is 11.6. The van der Waals surface area contributed by atoms with E-state index in [1.54, 1.807) is 13.2 Å². The van der Waals surface area contributed by atoms with Crippen molar-refractivity contribution < 1.29 is 19.4 Å². The maximum Gasteiger partial charge on any atom is 0.303 e. The van der Waals surface area contributed by atoms with Crippen LogP contribution in [-0.4, -0.2) is 18.2 Å². The highest BCUT2D eigenvalue weighted by molar-refractivity contribution is 5.68. The number of benzene rings is 2. The molecule has 1 atom stereocenters. The average Bonchev–Trinajstić information content (AvgIpc) is 2.60. The largest absolute Gasteiger partial charge is 0.497 e. The molecule has 0 heterocycles. The zero-order valence-electron chi connectivity index (χ0n) is 13.8. The summed E-state index contributed by atoms with van der Waals surface area (Å²) in [6.45, 7) is 4.17. The van der Waals surface area contributed by atoms with Crippen molar-refractivity contribution in [2.75, 3.05) is 7.11 Å². The fraction of sp³-hybridized carbons (Fsp3) is 0.250. The van der Waals surface area contributed by atoms with E-state index in [4.69, 9.17) is 14.6 Å². The first-order valence-corrected chi connectivity index (χ1v) is 7.80. The van der Waals surface area contributed by atoms with Crippen LogP contribution in [0.1, 0.15) is 29.9 Å². The van der Waals surface area contributed by atoms with Crippen LogP contribution in [0.2, 0.25) is 0 Å². The Labute approximate surface area is 142 Å². The summed E-state index contributed by atoms with van der Waals surface area (Å²) < 4.78 is 10.9. The standard InChI is InChI=1S/C20H22O4/c1-3-4-17(13-20(21)22)16-7-11-19(12-8-16)24-14-15-5-9-18(23-2)10-6-15/h3,5-12,17H,1,4,13-14H2,2H3,(H,21,22)/t17-/m1/s1. The highest BCUT2D eigenvalue weighted by Gasteiger charge is 2.14. The number of allylic oxidation sites excluding steroid dienone is 1. The summed E-state index contributed by atoms with van der Waals surface area (Å²) in [5.74, 6) is 0.703. The van der Waals surface area contributed by atoms with Crippen LogP contribution in [-0.2, 0) is 11.4 Å². The van der Waals surface area contributed by atoms with E-state index in [0.717, 1.165) is 22.6 Å². The highest BCUT2D eigenvalue weighted by atomic mass is 16.5. The summed E-state index contributed by atoms with van der Waals surface area (Å²) >= 11 is 0. The number of carboxylic acids is 1. The van der Waals surface area contributed by atoms with Gasteiger partial charge in [-0.3, -0.25) is 4.79 Å². The van der Waals surface area contributed by atoms with Crippen molar-refractivity contribution >= 4 is 5.97 Å². The Morgan fingerprint density at radius 2 is 1.75 bits per heavy atom. The Morgan fingerprint density at radius 3 is 2.29 bits per heavy atom. The topological polar surface area (TPSA) is 55.8 Å². The lowest BCUT2D eigenvalue weighted by Gasteiger charge is -2.14. The van der Waals surface area contributed by atoms with Gasteiger partial charge in [-0.15, -0.1) is 6.58 Å². The van der Waals surface area contributed by atoms with E-state index >= 15 is 0 Å². The van der Waals surface area contributed by atoms with Crippen molar-refractivity contribution in [3.63, 3.8) is 0 Å². The number of hydrogen-bond acceptors (Lipinski definition) is 3. The van der Waals surface area contributed by atoms with E-state index in [2.05, 4.69) is 6.58 Å². The molecule has 0 spiro atoms. The quantitative estimate of drug-likeness (QED) is 0.694. The third-order valence-corrected chi connectivity index (χ3v) is 3.79. The molecule has 0 radical (unpaired) electrons. The first-order valence-electron chi connectivity index (χ1n) is 7.80. The third-order valence-electron chi connectivity index (χ3n) is 3.79. The van der Waals surface area contributed by atoms with Crippen LogP contribution in [0.25, 0.3) is 0 Å². The average molecular weight is 326 g/mol. The Bertz CT molecular complexity index is 659. The van der Waals surface area contributed by atoms with Crippen molar-refractivity contribution in [3.05, 3.63) is 72.3 Å². The minimum absolute atomic E-state index is 0.0596. The Kier molecular flexibility index (Phi) is 6.43. The molecule has 0 aromatic heterocycles. The van der Waals surface area contributed by atoms with Crippen molar-refractivity contribution in [3.8, 4) is 11.5 Å². The molecule has 24 heavy (non-hydrogen) atoms. The predicted octanol–water partition coefficient (Wildman–Crippen LogP) is 4.41. The molecular weight excluding hydrogens is 304 g/mol. The summed E-state index contributed by atoms with van der Waals surface area (Å²) in [5.41, 5.74) is 2.03. The number of ether oxygens (including phenoxy) is 2. The minimum Gasteiger partial charge on any atom is -0.497 e. The second-order valence-corrected chi connectivity index (χ2v) is 5.52. The van der Waals surface area contributed by atoms with Gasteiger partial charge in [0.15, 0.2) is 0 Å². The van der Waals surface area contributed by atoms with E-state index in [0.29, 0.717) is 13.0 Å². The SMILES string of the molecule is C=CC[C@H](CC(=O)O)c1ccc(OCc2ccc(OC)cc2)cc1. The lowest BCUT2D eigenvalue weighted by atomic mass is 9.92. The molecule has 0 aliphatic heterocycles. The summed E-state index contributed by atoms with van der Waals surface area (Å²) in [6, 6.07) is 15.3. The van der Waals surface area contributed by atoms with Gasteiger partial charge in [-0.2, -0.15) is 0 Å². The monoisotopic (exact) mass is 326 g/mol. The van der Waals surface area contributed by atoms with Crippen molar-refractivity contribution in [2.24, 2.45) is 0 Å². The number of hydrogen-bond donors (Lipinski definition) is 1. The van der Waals surface area contributed by atoms with Gasteiger partial charge in [0, 0.05) is 0 Å². The van der Waals surface area contributed by atoms with Crippen molar-refractivity contribution in [1.82, 2.24) is 0 Å². The van der Waals surface area contributed by atoms with Gasteiger partial charge in [0.25, 0.3) is 0 Å². The highest BCUT2D eigenvalue weighted by Crippen LogP contribution is 2.26. The van der Waals surface area contributed by atoms with Gasteiger partial charge in [0.1, 0.15) is 18.1 Å². The maximum absolute atomic E-state index is 11.0. The molecule has 2 rings (SSSR count). The summed E-state index contributed by atoms with van der Waals surface area (Å²) in [5, 5.41) is 9.01. The van der Waals surface area contributed by atoms with Crippen LogP contribution in [0.3, 0.4) is 0 Å². The van der Waals surface area contributed by atoms with Gasteiger partial charge in [0.2, 0.25) is 0 Å². The number of carboxylic acid groups (broad SMARTS) is 1. The van der Waals surface area contributed by atoms with E-state index < -0.39 is 5.97 Å². The van der Waals surface area contributed by atoms with E-state index in [9.17, 15) is 4.79 Å². The molecule has 2 aromatic rings. The molecule has 0 saturated heterocycles. The Morgan fingerprint density at radius 1 is 1.12 bits per heavy atom. The second kappa shape index (κ2) is 8.77. The zero-order valence-corrected chi connectivity index (χ0v) is 13.8. The molecule has 2 aromatic carbocycles. The van der Waals surface area contributed by atoms with Crippen LogP contribution in [0, 0.1) is 0 Å². The molecule has 0 unspecified atom stereocenters. The number of methoxy groups -OCH3 is 1. The van der Waals surface area contributed by atoms with Gasteiger partial charge in [-0.25, -0.2) is 0 Å². The summed E-state index contributed by atoms with van der Waals surface area (Å²) in [7, 11) is 1.64. The molecule has 4 heteroatoms. The van der Waals surface area contributed by atoms with Gasteiger partial charge < -0.3 is 14.6 Å². The second-order valence-electron chi connectivity index (χ2n) is 5.52. The molecule has 0 amide bonds. The first kappa shape index (κ1) is 17.6. The van der Waals surface area contributed by atoms with Gasteiger partial charge in [-0.05, 0) is 47.7 Å². The fourth-order valence-electron chi connectivity index (χ4n) is 2.47. The molecule has 0 aliphatic carbocycles. The smallest absolute Gasteiger partial charge is 0.303 e. The van der Waals surface area contributed by atoms with Gasteiger partial charge in [0.05, 0.1) is 13.5 Å². The maximum atomic E-state index is 11.0. The number of aliphatic carboxylic acids is 1. The minimum atomic E-state index is -0.804. The molecule has 0 aliphatic rings. The van der Waals surface area contributed by atoms with Crippen LogP contribution < -0.4 is 9.47 Å². The predicted molar refractivity (Wildman–Crippen MR) is 93.6 cm³/mol. The van der Waals surface area contributed by atoms with Crippen LogP contribution in [0.5, 0.6) is 11.5 Å². The normalized spacial score (nSPS) is 11.5. The Balaban J connectivity index is 1.97. The molecule has 0 fully saturated rings. The molecule has 4 nitrogen and oxygen atoms in total. The molecule has 126 valence electrons. The van der Waals surface area contributed by atoms with Gasteiger partial charge in [-0.1, -0.05) is 30.3 Å². The van der Waals surface area contributed by atoms with Crippen molar-refractivity contribution in [1.29, 1.82) is 0 Å². The zero-order chi connectivity index (χ0) is 17.4. The number of carbonyl (C=O) groups is 1. The summed E-state index contributed by atoms with van der Waals surface area (Å²) in [6.07, 6.45) is 2.48. The van der Waals surface area contributed by atoms with Crippen LogP contribution in [0.15, 0.2) is 61.2 Å². The van der Waals surface area contributed by atoms with Crippen LogP contribution >= 0.6 is 0 Å². The Hall–Kier alpha value is -2.75. The molecule has 0 saturated carbocycles. The van der Waals surface area contributed by atoms with E-state index in [-0.39, 0.29) is 12.3 Å². The van der Waals surface area contributed by atoms with Gasteiger partial charge >= 0.3 is 5.97 Å². The number of rotatable bonds is 9. The van der Waals surface area contributed by atoms with Crippen molar-refractivity contribution in [2.45, 2.75) is 25.4 Å². The molecular formula is C20H22O4. The lowest BCUT2D eigenvalue weighted by molar-refractivity contribution is -0.137. The fourth-order valence-corrected chi connectivity index (χ4v) is 2.47. The molecule has 0 bridgehead atoms. The third kappa shape index (κ3) is 5.16. The van der Waals surface area contributed by atoms with E-state index in [1.165, 1.54) is 0 Å².